The Hall–Kier alpha value is -4.04. The summed E-state index contributed by atoms with van der Waals surface area (Å²) in [5.41, 5.74) is 12.9. The Labute approximate surface area is 240 Å². The minimum atomic E-state index is -0.836. The van der Waals surface area contributed by atoms with Gasteiger partial charge in [-0.1, -0.05) is 13.8 Å². The smallest absolute Gasteiger partial charge is 0.303 e. The van der Waals surface area contributed by atoms with Gasteiger partial charge in [0.2, 0.25) is 0 Å². The predicted molar refractivity (Wildman–Crippen MR) is 161 cm³/mol. The van der Waals surface area contributed by atoms with Gasteiger partial charge in [0.15, 0.2) is 0 Å². The molecule has 5 aliphatic heterocycles. The van der Waals surface area contributed by atoms with Crippen LogP contribution in [0.15, 0.2) is 106 Å². The molecule has 6 rings (SSSR count). The number of carboxylic acids is 1. The third-order valence-corrected chi connectivity index (χ3v) is 9.19. The fraction of sp³-hybridized carbons (Fsp3) is 0.394. The zero-order valence-electron chi connectivity index (χ0n) is 24.4. The van der Waals surface area contributed by atoms with Crippen molar-refractivity contribution in [2.75, 3.05) is 0 Å². The molecule has 0 radical (unpaired) electrons. The van der Waals surface area contributed by atoms with E-state index in [0.717, 1.165) is 85.4 Å². The van der Waals surface area contributed by atoms with E-state index in [-0.39, 0.29) is 24.0 Å². The zero-order chi connectivity index (χ0) is 29.3. The maximum Gasteiger partial charge on any atom is 0.303 e. The van der Waals surface area contributed by atoms with E-state index in [1.54, 1.807) is 6.92 Å². The first-order valence-corrected chi connectivity index (χ1v) is 14.4. The Morgan fingerprint density at radius 1 is 1.05 bits per heavy atom. The summed E-state index contributed by atoms with van der Waals surface area (Å²) in [7, 11) is 0. The minimum absolute atomic E-state index is 0.00687. The highest BCUT2D eigenvalue weighted by Crippen LogP contribution is 2.46. The number of hydrogen-bond donors (Lipinski definition) is 4. The second kappa shape index (κ2) is 9.80. The summed E-state index contributed by atoms with van der Waals surface area (Å²) in [6.45, 7) is 12.0. The molecule has 8 nitrogen and oxygen atoms in total. The number of allylic oxidation sites excluding steroid dienone is 11. The lowest BCUT2D eigenvalue weighted by Crippen LogP contribution is -2.15. The molecule has 8 bridgehead atoms. The first-order valence-electron chi connectivity index (χ1n) is 14.4. The number of aliphatic hydroxyl groups is 2. The molecule has 1 saturated heterocycles. The highest BCUT2D eigenvalue weighted by atomic mass is 16.4. The fourth-order valence-electron chi connectivity index (χ4n) is 6.93. The molecule has 3 atom stereocenters. The quantitative estimate of drug-likeness (QED) is 0.338. The van der Waals surface area contributed by atoms with E-state index in [0.29, 0.717) is 18.5 Å². The van der Waals surface area contributed by atoms with Crippen LogP contribution in [0.25, 0.3) is 0 Å². The summed E-state index contributed by atoms with van der Waals surface area (Å²) < 4.78 is 0. The first kappa shape index (κ1) is 27.1. The summed E-state index contributed by atoms with van der Waals surface area (Å²) in [5, 5.41) is 35.0. The lowest BCUT2D eigenvalue weighted by Gasteiger charge is -2.17. The third kappa shape index (κ3) is 4.23. The molecule has 1 unspecified atom stereocenters. The van der Waals surface area contributed by atoms with E-state index in [9.17, 15) is 20.1 Å². The van der Waals surface area contributed by atoms with E-state index in [1.165, 1.54) is 0 Å². The van der Waals surface area contributed by atoms with Crippen molar-refractivity contribution < 1.29 is 20.1 Å². The Morgan fingerprint density at radius 2 is 1.76 bits per heavy atom. The average Bonchev–Trinajstić information content (AvgIpc) is 3.65. The van der Waals surface area contributed by atoms with Crippen LogP contribution in [0.3, 0.4) is 0 Å². The van der Waals surface area contributed by atoms with Crippen molar-refractivity contribution in [3.8, 4) is 0 Å². The number of carbonyl (C=O) groups is 1. The van der Waals surface area contributed by atoms with E-state index < -0.39 is 12.1 Å². The Morgan fingerprint density at radius 3 is 2.44 bits per heavy atom. The molecule has 41 heavy (non-hydrogen) atoms. The topological polar surface area (TPSA) is 127 Å². The van der Waals surface area contributed by atoms with Crippen molar-refractivity contribution in [3.63, 3.8) is 0 Å². The zero-order valence-corrected chi connectivity index (χ0v) is 24.4. The van der Waals surface area contributed by atoms with Gasteiger partial charge in [-0.2, -0.15) is 0 Å². The van der Waals surface area contributed by atoms with Gasteiger partial charge in [0.25, 0.3) is 0 Å². The second-order valence-corrected chi connectivity index (χ2v) is 11.6. The summed E-state index contributed by atoms with van der Waals surface area (Å²) in [6.07, 6.45) is 6.91. The summed E-state index contributed by atoms with van der Waals surface area (Å²) in [5.74, 6) is -0.644. The molecule has 0 aromatic heterocycles. The van der Waals surface area contributed by atoms with Gasteiger partial charge in [-0.05, 0) is 81.1 Å². The van der Waals surface area contributed by atoms with Gasteiger partial charge < -0.3 is 20.6 Å². The van der Waals surface area contributed by atoms with Crippen molar-refractivity contribution in [1.82, 2.24) is 5.32 Å². The highest BCUT2D eigenvalue weighted by Gasteiger charge is 2.41. The minimum Gasteiger partial charge on any atom is -0.511 e. The molecule has 6 aliphatic rings. The number of carboxylic acid groups (broad SMARTS) is 1. The van der Waals surface area contributed by atoms with Crippen LogP contribution in [0, 0.1) is 11.8 Å². The van der Waals surface area contributed by atoms with E-state index >= 15 is 0 Å². The molecule has 1 fully saturated rings. The van der Waals surface area contributed by atoms with Gasteiger partial charge in [-0.3, -0.25) is 4.79 Å². The highest BCUT2D eigenvalue weighted by molar-refractivity contribution is 6.21. The Kier molecular flexibility index (Phi) is 6.49. The van der Waals surface area contributed by atoms with Crippen LogP contribution in [-0.2, 0) is 4.79 Å². The number of rotatable bonds is 5. The molecule has 0 saturated carbocycles. The Bertz CT molecular complexity index is 1660. The first-order chi connectivity index (χ1) is 19.5. The van der Waals surface area contributed by atoms with Crippen molar-refractivity contribution >= 4 is 23.1 Å². The monoisotopic (exact) mass is 552 g/mol. The van der Waals surface area contributed by atoms with Crippen LogP contribution in [0.1, 0.15) is 67.2 Å². The number of aliphatic hydroxyl groups excluding tert-OH is 2. The molecule has 212 valence electrons. The van der Waals surface area contributed by atoms with E-state index in [4.69, 9.17) is 15.0 Å². The number of aliphatic imine (C=N–C) groups is 3. The van der Waals surface area contributed by atoms with E-state index in [1.807, 2.05) is 32.1 Å². The van der Waals surface area contributed by atoms with Gasteiger partial charge >= 0.3 is 5.97 Å². The fourth-order valence-corrected chi connectivity index (χ4v) is 6.93. The number of nitrogens with zero attached hydrogens (tertiary/aromatic N) is 3. The summed E-state index contributed by atoms with van der Waals surface area (Å²) >= 11 is 0. The normalized spacial score (nSPS) is 25.9. The van der Waals surface area contributed by atoms with Gasteiger partial charge in [0.1, 0.15) is 5.76 Å². The molecule has 0 amide bonds. The van der Waals surface area contributed by atoms with Crippen LogP contribution >= 0.6 is 0 Å². The lowest BCUT2D eigenvalue weighted by atomic mass is 9.86. The predicted octanol–water partition coefficient (Wildman–Crippen LogP) is 5.90. The largest absolute Gasteiger partial charge is 0.511 e. The van der Waals surface area contributed by atoms with Gasteiger partial charge in [0.05, 0.1) is 40.3 Å². The Balaban J connectivity index is 1.62. The molecule has 1 aliphatic carbocycles. The number of nitrogens with one attached hydrogen (secondary N) is 1. The molecule has 0 aromatic rings. The average molecular weight is 553 g/mol. The van der Waals surface area contributed by atoms with Crippen LogP contribution in [0.4, 0.5) is 0 Å². The second-order valence-electron chi connectivity index (χ2n) is 11.6. The van der Waals surface area contributed by atoms with Crippen molar-refractivity contribution in [1.29, 1.82) is 0 Å². The molecular formula is C33H36N4O4. The van der Waals surface area contributed by atoms with Crippen LogP contribution in [0.2, 0.25) is 0 Å². The van der Waals surface area contributed by atoms with Crippen molar-refractivity contribution in [3.05, 3.63) is 91.5 Å². The van der Waals surface area contributed by atoms with Crippen LogP contribution < -0.4 is 5.32 Å². The van der Waals surface area contributed by atoms with E-state index in [2.05, 4.69) is 26.1 Å². The van der Waals surface area contributed by atoms with Crippen LogP contribution in [0.5, 0.6) is 0 Å². The number of fused-ring (bicyclic) bond motifs is 5. The van der Waals surface area contributed by atoms with Gasteiger partial charge in [-0.15, -0.1) is 0 Å². The molecule has 5 heterocycles. The maximum absolute atomic E-state index is 11.6. The maximum atomic E-state index is 11.6. The van der Waals surface area contributed by atoms with Gasteiger partial charge in [-0.25, -0.2) is 15.0 Å². The van der Waals surface area contributed by atoms with Gasteiger partial charge in [0, 0.05) is 52.8 Å². The van der Waals surface area contributed by atoms with Crippen molar-refractivity contribution in [2.24, 2.45) is 26.8 Å². The number of hydrogen-bond acceptors (Lipinski definition) is 7. The summed E-state index contributed by atoms with van der Waals surface area (Å²) in [6, 6.07) is 0. The molecule has 0 spiro atoms. The van der Waals surface area contributed by atoms with Crippen molar-refractivity contribution in [2.45, 2.75) is 73.3 Å². The molecule has 0 aromatic carbocycles. The lowest BCUT2D eigenvalue weighted by molar-refractivity contribution is -0.137. The standard InChI is InChI=1S/C33H36N4O4/c1-7-19-14(2)22-13-27-30(18(6)38)16(4)24(35-27)11-23-15(3)20(8-9-29(40)41)32(36-23)21-10-28(39)31-17(5)25(37-33(21)31)12-26(19)34-22/h11-13,15,18,20,36,38-39H,7-10H2,1-6H3,(H,40,41)/t15-,18?,20-/m0/s1. The van der Waals surface area contributed by atoms with Crippen LogP contribution in [-0.4, -0.2) is 44.5 Å². The third-order valence-electron chi connectivity index (χ3n) is 9.19. The molecule has 8 heteroatoms. The SMILES string of the molecule is CCC1=C(C)C2=NC1=CC1=C(C)C3=C(O)CC(=C4NC(=CC5=NC(=C2)C(C(C)O)=C5C)[C@@H](C)[C@@H]4CCC(=O)O)C3=N1. The number of aliphatic carboxylic acids is 1. The summed E-state index contributed by atoms with van der Waals surface area (Å²) in [4.78, 5) is 26.6. The molecular weight excluding hydrogens is 516 g/mol. The molecule has 4 N–H and O–H groups in total.